The first-order valence-corrected chi connectivity index (χ1v) is 14.8. The van der Waals surface area contributed by atoms with Crippen molar-refractivity contribution in [1.82, 2.24) is 0 Å². The van der Waals surface area contributed by atoms with Crippen molar-refractivity contribution in [3.05, 3.63) is 23.3 Å². The molecule has 4 aliphatic rings. The van der Waals surface area contributed by atoms with Gasteiger partial charge in [0, 0.05) is 13.1 Å². The third-order valence-electron chi connectivity index (χ3n) is 9.75. The van der Waals surface area contributed by atoms with Crippen molar-refractivity contribution in [1.29, 1.82) is 0 Å². The summed E-state index contributed by atoms with van der Waals surface area (Å²) >= 11 is 0. The van der Waals surface area contributed by atoms with Gasteiger partial charge in [-0.05, 0) is 91.6 Å². The van der Waals surface area contributed by atoms with E-state index in [1.807, 2.05) is 6.08 Å². The lowest BCUT2D eigenvalue weighted by molar-refractivity contribution is -0.117. The molecule has 4 nitrogen and oxygen atoms in total. The minimum atomic E-state index is -3.11. The Morgan fingerprint density at radius 3 is 2.62 bits per heavy atom. The van der Waals surface area contributed by atoms with Gasteiger partial charge in [-0.2, -0.15) is 0 Å². The van der Waals surface area contributed by atoms with E-state index in [0.717, 1.165) is 38.5 Å². The molecule has 3 fully saturated rings. The molecule has 4 rings (SSSR count). The Labute approximate surface area is 195 Å². The van der Waals surface area contributed by atoms with E-state index in [2.05, 4.69) is 40.7 Å². The molecule has 180 valence electrons. The maximum Gasteiger partial charge on any atom is 0.328 e. The van der Waals surface area contributed by atoms with Crippen LogP contribution >= 0.6 is 7.60 Å². The summed E-state index contributed by atoms with van der Waals surface area (Å²) in [5, 5.41) is 0. The van der Waals surface area contributed by atoms with Gasteiger partial charge in [0.1, 0.15) is 0 Å². The highest BCUT2D eigenvalue weighted by Crippen LogP contribution is 2.67. The Hall–Kier alpha value is -0.700. The molecule has 0 aromatic rings. The number of ketones is 1. The fraction of sp³-hybridized carbons (Fsp3) is 0.815. The molecule has 0 spiro atoms. The summed E-state index contributed by atoms with van der Waals surface area (Å²) < 4.78 is 25.3. The maximum absolute atomic E-state index is 13.2. The topological polar surface area (TPSA) is 52.6 Å². The van der Waals surface area contributed by atoms with Crippen LogP contribution in [0.5, 0.6) is 0 Å². The predicted molar refractivity (Wildman–Crippen MR) is 130 cm³/mol. The highest BCUT2D eigenvalue weighted by molar-refractivity contribution is 7.53. The molecule has 4 aliphatic carbocycles. The van der Waals surface area contributed by atoms with Gasteiger partial charge in [-0.25, -0.2) is 0 Å². The number of hydrogen-bond acceptors (Lipinski definition) is 4. The lowest BCUT2D eigenvalue weighted by atomic mass is 9.47. The van der Waals surface area contributed by atoms with Crippen molar-refractivity contribution < 1.29 is 18.4 Å². The van der Waals surface area contributed by atoms with Crippen LogP contribution in [-0.4, -0.2) is 25.2 Å². The summed E-state index contributed by atoms with van der Waals surface area (Å²) in [5.74, 6) is 2.52. The van der Waals surface area contributed by atoms with Gasteiger partial charge in [0.15, 0.2) is 5.78 Å². The minimum absolute atomic E-state index is 0.110. The van der Waals surface area contributed by atoms with Crippen molar-refractivity contribution in [3.8, 4) is 0 Å². The van der Waals surface area contributed by atoms with Crippen LogP contribution in [0, 0.1) is 34.5 Å². The van der Waals surface area contributed by atoms with Crippen molar-refractivity contribution in [2.45, 2.75) is 92.1 Å². The lowest BCUT2D eigenvalue weighted by Gasteiger charge is -2.57. The summed E-state index contributed by atoms with van der Waals surface area (Å²) in [6.07, 6.45) is 12.3. The first-order chi connectivity index (χ1) is 15.0. The second-order valence-electron chi connectivity index (χ2n) is 11.6. The van der Waals surface area contributed by atoms with E-state index in [0.29, 0.717) is 42.5 Å². The number of carbonyl (C=O) groups is 1. The predicted octanol–water partition coefficient (Wildman–Crippen LogP) is 7.35. The van der Waals surface area contributed by atoms with Crippen LogP contribution in [0.25, 0.3) is 0 Å². The van der Waals surface area contributed by atoms with Gasteiger partial charge in [-0.3, -0.25) is 9.36 Å². The van der Waals surface area contributed by atoms with E-state index in [4.69, 9.17) is 9.05 Å². The number of allylic oxidation sites excluding steroid dienone is 2. The highest BCUT2D eigenvalue weighted by atomic mass is 31.2. The normalized spacial score (nSPS) is 43.1. The molecule has 0 saturated heterocycles. The second kappa shape index (κ2) is 8.82. The van der Waals surface area contributed by atoms with Crippen LogP contribution in [0.4, 0.5) is 0 Å². The fourth-order valence-electron chi connectivity index (χ4n) is 7.66. The first kappa shape index (κ1) is 24.4. The number of hydrogen-bond donors (Lipinski definition) is 0. The van der Waals surface area contributed by atoms with Crippen LogP contribution in [0.2, 0.25) is 0 Å². The summed E-state index contributed by atoms with van der Waals surface area (Å²) in [6.45, 7) is 13.3. The van der Waals surface area contributed by atoms with Gasteiger partial charge in [0.2, 0.25) is 0 Å². The summed E-state index contributed by atoms with van der Waals surface area (Å²) in [4.78, 5) is 12.1. The van der Waals surface area contributed by atoms with Crippen molar-refractivity contribution in [3.63, 3.8) is 0 Å². The van der Waals surface area contributed by atoms with Crippen LogP contribution < -0.4 is 0 Å². The Morgan fingerprint density at radius 2 is 1.94 bits per heavy atom. The zero-order valence-electron chi connectivity index (χ0n) is 21.0. The van der Waals surface area contributed by atoms with Gasteiger partial charge in [-0.1, -0.05) is 45.8 Å². The third kappa shape index (κ3) is 4.14. The molecule has 32 heavy (non-hydrogen) atoms. The zero-order chi connectivity index (χ0) is 23.3. The Bertz CT molecular complexity index is 860. The van der Waals surface area contributed by atoms with Crippen molar-refractivity contribution >= 4 is 13.4 Å². The molecule has 0 heterocycles. The average Bonchev–Trinajstić information content (AvgIpc) is 3.02. The van der Waals surface area contributed by atoms with Gasteiger partial charge < -0.3 is 9.05 Å². The molecule has 0 N–H and O–H groups in total. The van der Waals surface area contributed by atoms with Gasteiger partial charge in [0.05, 0.1) is 12.7 Å². The van der Waals surface area contributed by atoms with Crippen LogP contribution in [0.1, 0.15) is 86.0 Å². The lowest BCUT2D eigenvalue weighted by Crippen LogP contribution is -2.49. The molecule has 3 saturated carbocycles. The zero-order valence-corrected chi connectivity index (χ0v) is 21.9. The molecule has 0 radical (unpaired) electrons. The Balaban J connectivity index is 1.55. The van der Waals surface area contributed by atoms with Gasteiger partial charge in [-0.15, -0.1) is 0 Å². The van der Waals surface area contributed by atoms with Gasteiger partial charge >= 0.3 is 7.60 Å². The van der Waals surface area contributed by atoms with E-state index in [1.54, 1.807) is 6.66 Å². The van der Waals surface area contributed by atoms with E-state index in [-0.39, 0.29) is 16.9 Å². The largest absolute Gasteiger partial charge is 0.328 e. The molecule has 0 amide bonds. The van der Waals surface area contributed by atoms with Crippen LogP contribution in [0.3, 0.4) is 0 Å². The average molecular weight is 463 g/mol. The number of fused-ring (bicyclic) bond motifs is 5. The molecule has 0 aromatic carbocycles. The van der Waals surface area contributed by atoms with Gasteiger partial charge in [0.25, 0.3) is 0 Å². The standard InChI is InChI=1S/C27H43O4P/c1-7-18(3)17-30-32(6,29)31-25-16-24-21-10-9-19-15-20(28)11-13-26(19,4)23(21)12-14-27(24,5)22(25)8-2/h8,15,18,21,23-25H,7,9-14,16-17H2,1-6H3. The second-order valence-corrected chi connectivity index (χ2v) is 13.6. The summed E-state index contributed by atoms with van der Waals surface area (Å²) in [5.41, 5.74) is 3.03. The maximum atomic E-state index is 13.2. The molecular formula is C27H43O4P. The van der Waals surface area contributed by atoms with Crippen LogP contribution in [0.15, 0.2) is 23.3 Å². The first-order valence-electron chi connectivity index (χ1n) is 12.8. The SMILES string of the molecule is CC=C1C(OP(C)(=O)OCC(C)CC)CC2C3CCC4=CC(=O)CCC4(C)C3CCC12C. The van der Waals surface area contributed by atoms with E-state index in [9.17, 15) is 9.36 Å². The molecule has 0 aromatic heterocycles. The molecule has 0 aliphatic heterocycles. The summed E-state index contributed by atoms with van der Waals surface area (Å²) in [7, 11) is -3.11. The van der Waals surface area contributed by atoms with E-state index < -0.39 is 7.60 Å². The fourth-order valence-corrected chi connectivity index (χ4v) is 8.90. The number of rotatable bonds is 6. The minimum Gasteiger partial charge on any atom is -0.308 e. The molecule has 5 heteroatoms. The smallest absolute Gasteiger partial charge is 0.308 e. The molecular weight excluding hydrogens is 419 g/mol. The third-order valence-corrected chi connectivity index (χ3v) is 11.0. The summed E-state index contributed by atoms with van der Waals surface area (Å²) in [6, 6.07) is 0. The highest BCUT2D eigenvalue weighted by Gasteiger charge is 2.60. The molecule has 8 atom stereocenters. The monoisotopic (exact) mass is 462 g/mol. The Kier molecular flexibility index (Phi) is 6.73. The molecule has 0 bridgehead atoms. The quantitative estimate of drug-likeness (QED) is 0.306. The van der Waals surface area contributed by atoms with E-state index in [1.165, 1.54) is 17.6 Å². The van der Waals surface area contributed by atoms with Crippen molar-refractivity contribution in [2.24, 2.45) is 34.5 Å². The van der Waals surface area contributed by atoms with Crippen LogP contribution in [-0.2, 0) is 18.4 Å². The number of carbonyl (C=O) groups excluding carboxylic acids is 1. The van der Waals surface area contributed by atoms with E-state index >= 15 is 0 Å². The van der Waals surface area contributed by atoms with Crippen molar-refractivity contribution in [2.75, 3.05) is 13.3 Å². The Morgan fingerprint density at radius 1 is 1.19 bits per heavy atom. The molecule has 8 unspecified atom stereocenters.